The minimum Gasteiger partial charge on any atom is -0.497 e. The SMILES string of the molecule is CC[C@H](C(=O)O)N(c1cccc(OC)c1)S(C)(=O)=O. The third-order valence-electron chi connectivity index (χ3n) is 2.62. The van der Waals surface area contributed by atoms with E-state index in [1.54, 1.807) is 19.1 Å². The molecular formula is C12H17NO5S. The summed E-state index contributed by atoms with van der Waals surface area (Å²) in [6, 6.07) is 5.16. The molecule has 6 nitrogen and oxygen atoms in total. The fraction of sp³-hybridized carbons (Fsp3) is 0.417. The fourth-order valence-electron chi connectivity index (χ4n) is 1.79. The molecule has 0 unspecified atom stereocenters. The van der Waals surface area contributed by atoms with Gasteiger partial charge in [-0.3, -0.25) is 4.31 Å². The van der Waals surface area contributed by atoms with Crippen LogP contribution in [0.15, 0.2) is 24.3 Å². The molecule has 0 saturated carbocycles. The largest absolute Gasteiger partial charge is 0.497 e. The second-order valence-corrected chi connectivity index (χ2v) is 5.88. The number of hydrogen-bond donors (Lipinski definition) is 1. The molecule has 0 amide bonds. The first-order valence-corrected chi connectivity index (χ1v) is 7.52. The number of aliphatic carboxylic acids is 1. The number of anilines is 1. The number of sulfonamides is 1. The highest BCUT2D eigenvalue weighted by Crippen LogP contribution is 2.26. The number of nitrogens with zero attached hydrogens (tertiary/aromatic N) is 1. The molecule has 0 aliphatic heterocycles. The number of methoxy groups -OCH3 is 1. The van der Waals surface area contributed by atoms with Gasteiger partial charge in [0.25, 0.3) is 0 Å². The van der Waals surface area contributed by atoms with Crippen molar-refractivity contribution in [3.63, 3.8) is 0 Å². The lowest BCUT2D eigenvalue weighted by atomic mass is 10.2. The van der Waals surface area contributed by atoms with Crippen LogP contribution in [0.25, 0.3) is 0 Å². The first kappa shape index (κ1) is 15.3. The Morgan fingerprint density at radius 1 is 1.47 bits per heavy atom. The molecule has 19 heavy (non-hydrogen) atoms. The van der Waals surface area contributed by atoms with E-state index in [1.165, 1.54) is 19.2 Å². The summed E-state index contributed by atoms with van der Waals surface area (Å²) < 4.78 is 29.6. The first-order chi connectivity index (χ1) is 8.81. The molecule has 1 aromatic rings. The Balaban J connectivity index is 3.35. The van der Waals surface area contributed by atoms with E-state index in [9.17, 15) is 13.2 Å². The second kappa shape index (κ2) is 5.92. The van der Waals surface area contributed by atoms with Gasteiger partial charge in [-0.2, -0.15) is 0 Å². The van der Waals surface area contributed by atoms with Crippen LogP contribution in [-0.2, 0) is 14.8 Å². The predicted octanol–water partition coefficient (Wildman–Crippen LogP) is 1.32. The Bertz CT molecular complexity index is 555. The van der Waals surface area contributed by atoms with Gasteiger partial charge in [0.15, 0.2) is 0 Å². The lowest BCUT2D eigenvalue weighted by Crippen LogP contribution is -2.44. The van der Waals surface area contributed by atoms with Crippen molar-refractivity contribution in [2.75, 3.05) is 17.7 Å². The van der Waals surface area contributed by atoms with Crippen LogP contribution in [0.2, 0.25) is 0 Å². The van der Waals surface area contributed by atoms with Crippen molar-refractivity contribution in [2.45, 2.75) is 19.4 Å². The first-order valence-electron chi connectivity index (χ1n) is 5.67. The van der Waals surface area contributed by atoms with Gasteiger partial charge in [-0.25, -0.2) is 13.2 Å². The van der Waals surface area contributed by atoms with Crippen LogP contribution >= 0.6 is 0 Å². The Hall–Kier alpha value is -1.76. The molecule has 0 spiro atoms. The van der Waals surface area contributed by atoms with Crippen LogP contribution in [0.5, 0.6) is 5.75 Å². The van der Waals surface area contributed by atoms with E-state index in [0.717, 1.165) is 10.6 Å². The minimum absolute atomic E-state index is 0.166. The van der Waals surface area contributed by atoms with Crippen molar-refractivity contribution in [1.82, 2.24) is 0 Å². The fourth-order valence-corrected chi connectivity index (χ4v) is 2.99. The van der Waals surface area contributed by atoms with Crippen molar-refractivity contribution >= 4 is 21.7 Å². The van der Waals surface area contributed by atoms with Crippen molar-refractivity contribution in [3.05, 3.63) is 24.3 Å². The highest BCUT2D eigenvalue weighted by molar-refractivity contribution is 7.92. The average Bonchev–Trinajstić information content (AvgIpc) is 2.33. The van der Waals surface area contributed by atoms with Crippen molar-refractivity contribution in [3.8, 4) is 5.75 Å². The summed E-state index contributed by atoms with van der Waals surface area (Å²) in [7, 11) is -2.25. The molecule has 1 N–H and O–H groups in total. The van der Waals surface area contributed by atoms with Crippen LogP contribution in [0, 0.1) is 0 Å². The minimum atomic E-state index is -3.70. The number of benzene rings is 1. The molecule has 0 radical (unpaired) electrons. The maximum Gasteiger partial charge on any atom is 0.327 e. The van der Waals surface area contributed by atoms with Gasteiger partial charge >= 0.3 is 5.97 Å². The summed E-state index contributed by atoms with van der Waals surface area (Å²) in [6.45, 7) is 1.62. The van der Waals surface area contributed by atoms with Gasteiger partial charge in [0, 0.05) is 6.07 Å². The molecule has 1 aromatic carbocycles. The molecule has 0 aliphatic rings. The molecule has 0 saturated heterocycles. The normalized spacial score (nSPS) is 12.8. The van der Waals surface area contributed by atoms with Crippen molar-refractivity contribution in [2.24, 2.45) is 0 Å². The maximum atomic E-state index is 11.9. The smallest absolute Gasteiger partial charge is 0.327 e. The monoisotopic (exact) mass is 287 g/mol. The second-order valence-electron chi connectivity index (χ2n) is 4.02. The van der Waals surface area contributed by atoms with Gasteiger partial charge in [0.1, 0.15) is 11.8 Å². The number of rotatable bonds is 6. The highest BCUT2D eigenvalue weighted by atomic mass is 32.2. The summed E-state index contributed by atoms with van der Waals surface area (Å²) in [5.41, 5.74) is 0.274. The summed E-state index contributed by atoms with van der Waals surface area (Å²) in [5.74, 6) is -0.720. The van der Waals surface area contributed by atoms with E-state index in [4.69, 9.17) is 9.84 Å². The number of carboxylic acids is 1. The zero-order valence-electron chi connectivity index (χ0n) is 11.0. The van der Waals surface area contributed by atoms with Crippen molar-refractivity contribution < 1.29 is 23.1 Å². The Morgan fingerprint density at radius 2 is 2.11 bits per heavy atom. The van der Waals surface area contributed by atoms with Crippen LogP contribution in [0.1, 0.15) is 13.3 Å². The lowest BCUT2D eigenvalue weighted by Gasteiger charge is -2.28. The standard InChI is InChI=1S/C12H17NO5S/c1-4-11(12(14)15)13(19(3,16)17)9-6-5-7-10(8-9)18-2/h5-8,11H,4H2,1-3H3,(H,14,15)/t11-/m1/s1. The Labute approximate surface area is 112 Å². The number of ether oxygens (including phenoxy) is 1. The Kier molecular flexibility index (Phi) is 4.77. The zero-order valence-corrected chi connectivity index (χ0v) is 11.8. The van der Waals surface area contributed by atoms with Crippen LogP contribution < -0.4 is 9.04 Å². The quantitative estimate of drug-likeness (QED) is 0.853. The maximum absolute atomic E-state index is 11.9. The molecule has 0 aromatic heterocycles. The van der Waals surface area contributed by atoms with E-state index in [2.05, 4.69) is 0 Å². The molecule has 0 heterocycles. The van der Waals surface area contributed by atoms with Crippen molar-refractivity contribution in [1.29, 1.82) is 0 Å². The van der Waals surface area contributed by atoms with Crippen LogP contribution in [0.4, 0.5) is 5.69 Å². The average molecular weight is 287 g/mol. The summed E-state index contributed by atoms with van der Waals surface area (Å²) in [5, 5.41) is 9.16. The Morgan fingerprint density at radius 3 is 2.53 bits per heavy atom. The third kappa shape index (κ3) is 3.60. The highest BCUT2D eigenvalue weighted by Gasteiger charge is 2.31. The van der Waals surface area contributed by atoms with Crippen LogP contribution in [0.3, 0.4) is 0 Å². The molecule has 1 rings (SSSR count). The summed E-state index contributed by atoms with van der Waals surface area (Å²) in [6.07, 6.45) is 1.15. The van der Waals surface area contributed by atoms with E-state index in [0.29, 0.717) is 5.75 Å². The topological polar surface area (TPSA) is 83.9 Å². The lowest BCUT2D eigenvalue weighted by molar-refractivity contribution is -0.138. The van der Waals surface area contributed by atoms with Gasteiger partial charge in [-0.15, -0.1) is 0 Å². The third-order valence-corrected chi connectivity index (χ3v) is 3.80. The van der Waals surface area contributed by atoms with Gasteiger partial charge in [0.05, 0.1) is 19.1 Å². The number of hydrogen-bond acceptors (Lipinski definition) is 4. The van der Waals surface area contributed by atoms with E-state index in [1.807, 2.05) is 0 Å². The van der Waals surface area contributed by atoms with E-state index < -0.39 is 22.0 Å². The van der Waals surface area contributed by atoms with E-state index in [-0.39, 0.29) is 12.1 Å². The number of carboxylic acid groups (broad SMARTS) is 1. The predicted molar refractivity (Wildman–Crippen MR) is 72.0 cm³/mol. The molecule has 106 valence electrons. The molecule has 1 atom stereocenters. The van der Waals surface area contributed by atoms with Gasteiger partial charge in [0.2, 0.25) is 10.0 Å². The van der Waals surface area contributed by atoms with Gasteiger partial charge in [-0.05, 0) is 18.6 Å². The molecule has 0 bridgehead atoms. The van der Waals surface area contributed by atoms with E-state index >= 15 is 0 Å². The molecule has 0 aliphatic carbocycles. The van der Waals surface area contributed by atoms with Gasteiger partial charge < -0.3 is 9.84 Å². The molecular weight excluding hydrogens is 270 g/mol. The van der Waals surface area contributed by atoms with Gasteiger partial charge in [-0.1, -0.05) is 13.0 Å². The summed E-state index contributed by atoms with van der Waals surface area (Å²) in [4.78, 5) is 11.2. The molecule has 7 heteroatoms. The summed E-state index contributed by atoms with van der Waals surface area (Å²) >= 11 is 0. The molecule has 0 fully saturated rings. The zero-order chi connectivity index (χ0) is 14.6. The number of carbonyl (C=O) groups is 1. The van der Waals surface area contributed by atoms with Crippen LogP contribution in [-0.4, -0.2) is 38.9 Å².